The van der Waals surface area contributed by atoms with Crippen LogP contribution in [-0.4, -0.2) is 22.8 Å². The summed E-state index contributed by atoms with van der Waals surface area (Å²) in [7, 11) is 2.03. The SMILES string of the molecule is Cn1c(C2CC2)nc(C2CCCOC2)c1N. The minimum atomic E-state index is 0.410. The monoisotopic (exact) mass is 221 g/mol. The highest BCUT2D eigenvalue weighted by atomic mass is 16.5. The molecule has 4 heteroatoms. The molecule has 2 heterocycles. The molecule has 0 amide bonds. The molecular formula is C12H19N3O. The molecule has 1 saturated carbocycles. The number of ether oxygens (including phenoxy) is 1. The third kappa shape index (κ3) is 1.61. The summed E-state index contributed by atoms with van der Waals surface area (Å²) in [4.78, 5) is 4.75. The molecule has 1 saturated heterocycles. The van der Waals surface area contributed by atoms with Gasteiger partial charge in [-0.2, -0.15) is 0 Å². The third-order valence-electron chi connectivity index (χ3n) is 3.69. The van der Waals surface area contributed by atoms with Crippen LogP contribution < -0.4 is 5.73 Å². The maximum atomic E-state index is 6.14. The average molecular weight is 221 g/mol. The second-order valence-corrected chi connectivity index (χ2v) is 4.99. The number of nitrogen functional groups attached to an aromatic ring is 1. The van der Waals surface area contributed by atoms with Gasteiger partial charge in [-0.3, -0.25) is 0 Å². The summed E-state index contributed by atoms with van der Waals surface area (Å²) in [6, 6.07) is 0. The first-order valence-electron chi connectivity index (χ1n) is 6.17. The number of nitrogens with zero attached hydrogens (tertiary/aromatic N) is 2. The zero-order valence-electron chi connectivity index (χ0n) is 9.78. The van der Waals surface area contributed by atoms with Gasteiger partial charge < -0.3 is 15.0 Å². The second-order valence-electron chi connectivity index (χ2n) is 4.99. The van der Waals surface area contributed by atoms with Gasteiger partial charge in [0.15, 0.2) is 0 Å². The van der Waals surface area contributed by atoms with Crippen LogP contribution in [0.5, 0.6) is 0 Å². The summed E-state index contributed by atoms with van der Waals surface area (Å²) in [5.41, 5.74) is 7.22. The van der Waals surface area contributed by atoms with Crippen LogP contribution >= 0.6 is 0 Å². The van der Waals surface area contributed by atoms with Crippen molar-refractivity contribution in [2.75, 3.05) is 18.9 Å². The molecule has 0 radical (unpaired) electrons. The van der Waals surface area contributed by atoms with E-state index >= 15 is 0 Å². The Hall–Kier alpha value is -1.03. The van der Waals surface area contributed by atoms with Gasteiger partial charge in [0.05, 0.1) is 12.3 Å². The van der Waals surface area contributed by atoms with Crippen molar-refractivity contribution < 1.29 is 4.74 Å². The van der Waals surface area contributed by atoms with Crippen LogP contribution in [-0.2, 0) is 11.8 Å². The lowest BCUT2D eigenvalue weighted by molar-refractivity contribution is 0.0796. The Bertz CT molecular complexity index is 389. The van der Waals surface area contributed by atoms with E-state index in [2.05, 4.69) is 4.57 Å². The number of hydrogen-bond donors (Lipinski definition) is 1. The van der Waals surface area contributed by atoms with E-state index in [1.54, 1.807) is 0 Å². The highest BCUT2D eigenvalue weighted by molar-refractivity contribution is 5.41. The van der Waals surface area contributed by atoms with Crippen LogP contribution in [0.1, 0.15) is 49.0 Å². The van der Waals surface area contributed by atoms with Crippen molar-refractivity contribution >= 4 is 5.82 Å². The van der Waals surface area contributed by atoms with Crippen molar-refractivity contribution in [1.29, 1.82) is 0 Å². The molecule has 88 valence electrons. The molecule has 1 aromatic rings. The highest BCUT2D eigenvalue weighted by Crippen LogP contribution is 2.41. The molecular weight excluding hydrogens is 202 g/mol. The fraction of sp³-hybridized carbons (Fsp3) is 0.750. The number of anilines is 1. The van der Waals surface area contributed by atoms with Crippen molar-refractivity contribution in [2.45, 2.75) is 37.5 Å². The number of imidazole rings is 1. The Labute approximate surface area is 95.8 Å². The minimum absolute atomic E-state index is 0.410. The van der Waals surface area contributed by atoms with E-state index in [-0.39, 0.29) is 0 Å². The molecule has 1 aromatic heterocycles. The Kier molecular flexibility index (Phi) is 2.39. The molecule has 2 aliphatic rings. The topological polar surface area (TPSA) is 53.1 Å². The molecule has 0 spiro atoms. The standard InChI is InChI=1S/C12H19N3O/c1-15-11(13)10(9-3-2-6-16-7-9)14-12(15)8-4-5-8/h8-9H,2-7,13H2,1H3. The Morgan fingerprint density at radius 3 is 2.75 bits per heavy atom. The van der Waals surface area contributed by atoms with Crippen LogP contribution in [0.15, 0.2) is 0 Å². The fourth-order valence-electron chi connectivity index (χ4n) is 2.51. The smallest absolute Gasteiger partial charge is 0.126 e. The highest BCUT2D eigenvalue weighted by Gasteiger charge is 2.31. The van der Waals surface area contributed by atoms with E-state index < -0.39 is 0 Å². The Balaban J connectivity index is 1.90. The van der Waals surface area contributed by atoms with Crippen molar-refractivity contribution in [1.82, 2.24) is 9.55 Å². The van der Waals surface area contributed by atoms with Gasteiger partial charge in [-0.15, -0.1) is 0 Å². The predicted octanol–water partition coefficient (Wildman–Crippen LogP) is 1.77. The zero-order valence-corrected chi connectivity index (χ0v) is 9.78. The van der Waals surface area contributed by atoms with E-state index in [9.17, 15) is 0 Å². The van der Waals surface area contributed by atoms with Gasteiger partial charge in [-0.05, 0) is 25.7 Å². The molecule has 1 aliphatic heterocycles. The van der Waals surface area contributed by atoms with Gasteiger partial charge in [-0.25, -0.2) is 4.98 Å². The Morgan fingerprint density at radius 2 is 2.12 bits per heavy atom. The van der Waals surface area contributed by atoms with Crippen LogP contribution in [0.4, 0.5) is 5.82 Å². The first-order valence-corrected chi connectivity index (χ1v) is 6.17. The molecule has 0 bridgehead atoms. The summed E-state index contributed by atoms with van der Waals surface area (Å²) in [6.07, 6.45) is 4.82. The third-order valence-corrected chi connectivity index (χ3v) is 3.69. The molecule has 0 aromatic carbocycles. The number of hydrogen-bond acceptors (Lipinski definition) is 3. The van der Waals surface area contributed by atoms with Crippen LogP contribution in [0, 0.1) is 0 Å². The van der Waals surface area contributed by atoms with Gasteiger partial charge in [0.25, 0.3) is 0 Å². The van der Waals surface area contributed by atoms with Gasteiger partial charge in [0.2, 0.25) is 0 Å². The van der Waals surface area contributed by atoms with E-state index in [0.717, 1.165) is 37.6 Å². The predicted molar refractivity (Wildman–Crippen MR) is 62.4 cm³/mol. The van der Waals surface area contributed by atoms with Crippen LogP contribution in [0.2, 0.25) is 0 Å². The van der Waals surface area contributed by atoms with Crippen molar-refractivity contribution in [3.05, 3.63) is 11.5 Å². The molecule has 3 rings (SSSR count). The second kappa shape index (κ2) is 3.77. The molecule has 1 unspecified atom stereocenters. The van der Waals surface area contributed by atoms with Crippen molar-refractivity contribution in [3.8, 4) is 0 Å². The lowest BCUT2D eigenvalue weighted by Crippen LogP contribution is -2.17. The first-order chi connectivity index (χ1) is 7.77. The van der Waals surface area contributed by atoms with Gasteiger partial charge in [0.1, 0.15) is 11.6 Å². The summed E-state index contributed by atoms with van der Waals surface area (Å²) < 4.78 is 7.58. The number of nitrogens with two attached hydrogens (primary N) is 1. The molecule has 16 heavy (non-hydrogen) atoms. The normalized spacial score (nSPS) is 25.9. The average Bonchev–Trinajstić information content (AvgIpc) is 3.10. The first kappa shape index (κ1) is 10.1. The molecule has 1 aliphatic carbocycles. The summed E-state index contributed by atoms with van der Waals surface area (Å²) in [5, 5.41) is 0. The molecule has 2 N–H and O–H groups in total. The maximum absolute atomic E-state index is 6.14. The molecule has 4 nitrogen and oxygen atoms in total. The van der Waals surface area contributed by atoms with E-state index in [4.69, 9.17) is 15.5 Å². The molecule has 2 fully saturated rings. The van der Waals surface area contributed by atoms with E-state index in [1.807, 2.05) is 7.05 Å². The number of rotatable bonds is 2. The minimum Gasteiger partial charge on any atom is -0.384 e. The van der Waals surface area contributed by atoms with Crippen molar-refractivity contribution in [3.63, 3.8) is 0 Å². The lowest BCUT2D eigenvalue weighted by Gasteiger charge is -2.20. The summed E-state index contributed by atoms with van der Waals surface area (Å²) in [5.74, 6) is 3.09. The van der Waals surface area contributed by atoms with Gasteiger partial charge >= 0.3 is 0 Å². The molecule has 1 atom stereocenters. The number of aromatic nitrogens is 2. The van der Waals surface area contributed by atoms with Gasteiger partial charge in [0, 0.05) is 25.5 Å². The fourth-order valence-corrected chi connectivity index (χ4v) is 2.51. The van der Waals surface area contributed by atoms with E-state index in [0.29, 0.717) is 11.8 Å². The summed E-state index contributed by atoms with van der Waals surface area (Å²) in [6.45, 7) is 1.67. The summed E-state index contributed by atoms with van der Waals surface area (Å²) >= 11 is 0. The lowest BCUT2D eigenvalue weighted by atomic mass is 9.99. The van der Waals surface area contributed by atoms with E-state index in [1.165, 1.54) is 18.7 Å². The van der Waals surface area contributed by atoms with Crippen LogP contribution in [0.25, 0.3) is 0 Å². The zero-order chi connectivity index (χ0) is 11.1. The Morgan fingerprint density at radius 1 is 1.31 bits per heavy atom. The van der Waals surface area contributed by atoms with Gasteiger partial charge in [-0.1, -0.05) is 0 Å². The maximum Gasteiger partial charge on any atom is 0.126 e. The quantitative estimate of drug-likeness (QED) is 0.828. The largest absolute Gasteiger partial charge is 0.384 e. The van der Waals surface area contributed by atoms with Crippen LogP contribution in [0.3, 0.4) is 0 Å². The van der Waals surface area contributed by atoms with Crippen molar-refractivity contribution in [2.24, 2.45) is 7.05 Å².